The topological polar surface area (TPSA) is 29.5 Å². The average molecular weight is 236 g/mol. The molecule has 2 heterocycles. The Morgan fingerprint density at radius 1 is 1.50 bits per heavy atom. The summed E-state index contributed by atoms with van der Waals surface area (Å²) in [5, 5.41) is 10.2. The Hall–Kier alpha value is -0.670. The summed E-state index contributed by atoms with van der Waals surface area (Å²) in [6, 6.07) is 6.08. The van der Waals surface area contributed by atoms with Crippen LogP contribution in [0.5, 0.6) is 5.75 Å². The maximum absolute atomic E-state index is 10.2. The van der Waals surface area contributed by atoms with Crippen molar-refractivity contribution in [3.63, 3.8) is 0 Å². The van der Waals surface area contributed by atoms with Gasteiger partial charge in [-0.2, -0.15) is 11.8 Å². The molecule has 0 amide bonds. The van der Waals surface area contributed by atoms with Gasteiger partial charge in [0, 0.05) is 17.7 Å². The van der Waals surface area contributed by atoms with E-state index in [9.17, 15) is 5.11 Å². The van der Waals surface area contributed by atoms with Gasteiger partial charge in [-0.1, -0.05) is 11.6 Å². The van der Waals surface area contributed by atoms with Gasteiger partial charge in [-0.3, -0.25) is 0 Å². The van der Waals surface area contributed by atoms with E-state index in [1.165, 1.54) is 5.56 Å². The van der Waals surface area contributed by atoms with Crippen molar-refractivity contribution in [2.45, 2.75) is 31.5 Å². The smallest absolute Gasteiger partial charge is 0.126 e. The number of hydrogen-bond acceptors (Lipinski definition) is 3. The van der Waals surface area contributed by atoms with E-state index in [-0.39, 0.29) is 11.7 Å². The maximum atomic E-state index is 10.2. The van der Waals surface area contributed by atoms with Gasteiger partial charge in [-0.25, -0.2) is 0 Å². The van der Waals surface area contributed by atoms with E-state index in [1.54, 1.807) is 0 Å². The summed E-state index contributed by atoms with van der Waals surface area (Å²) in [5.74, 6) is 3.04. The Balaban J connectivity index is 1.99. The van der Waals surface area contributed by atoms with Crippen LogP contribution in [0.2, 0.25) is 0 Å². The van der Waals surface area contributed by atoms with Crippen molar-refractivity contribution in [3.8, 4) is 5.75 Å². The van der Waals surface area contributed by atoms with E-state index in [0.717, 1.165) is 35.7 Å². The highest BCUT2D eigenvalue weighted by molar-refractivity contribution is 7.99. The summed E-state index contributed by atoms with van der Waals surface area (Å²) in [6.07, 6.45) is 1.45. The van der Waals surface area contributed by atoms with Crippen LogP contribution in [0.1, 0.15) is 30.1 Å². The number of rotatable bonds is 0. The summed E-state index contributed by atoms with van der Waals surface area (Å²) in [6.45, 7) is 2.04. The molecule has 0 bridgehead atoms. The third-order valence-electron chi connectivity index (χ3n) is 3.48. The zero-order chi connectivity index (χ0) is 11.2. The van der Waals surface area contributed by atoms with Crippen molar-refractivity contribution in [2.24, 2.45) is 0 Å². The lowest BCUT2D eigenvalue weighted by Gasteiger charge is -2.37. The van der Waals surface area contributed by atoms with Gasteiger partial charge in [0.1, 0.15) is 11.4 Å². The molecule has 16 heavy (non-hydrogen) atoms. The van der Waals surface area contributed by atoms with E-state index in [4.69, 9.17) is 4.74 Å². The molecule has 2 aliphatic heterocycles. The van der Waals surface area contributed by atoms with Gasteiger partial charge in [-0.15, -0.1) is 0 Å². The molecule has 1 spiro atoms. The molecule has 3 heteroatoms. The Bertz CT molecular complexity index is 410. The van der Waals surface area contributed by atoms with Gasteiger partial charge in [0.25, 0.3) is 0 Å². The first-order valence-corrected chi connectivity index (χ1v) is 6.89. The third-order valence-corrected chi connectivity index (χ3v) is 4.71. The summed E-state index contributed by atoms with van der Waals surface area (Å²) in [5.41, 5.74) is 2.03. The predicted octanol–water partition coefficient (Wildman–Crippen LogP) is 2.69. The second-order valence-corrected chi connectivity index (χ2v) is 5.95. The van der Waals surface area contributed by atoms with Gasteiger partial charge >= 0.3 is 0 Å². The Morgan fingerprint density at radius 2 is 2.38 bits per heavy atom. The van der Waals surface area contributed by atoms with E-state index in [1.807, 2.05) is 36.9 Å². The van der Waals surface area contributed by atoms with Crippen molar-refractivity contribution < 1.29 is 9.84 Å². The van der Waals surface area contributed by atoms with Gasteiger partial charge in [-0.05, 0) is 31.2 Å². The lowest BCUT2D eigenvalue weighted by atomic mass is 9.88. The number of aliphatic hydroxyl groups excluding tert-OH is 1. The monoisotopic (exact) mass is 236 g/mol. The number of fused-ring (bicyclic) bond motifs is 1. The minimum absolute atomic E-state index is 0.105. The number of thioether (sulfide) groups is 1. The molecule has 0 radical (unpaired) electrons. The van der Waals surface area contributed by atoms with Crippen molar-refractivity contribution in [1.29, 1.82) is 0 Å². The fourth-order valence-electron chi connectivity index (χ4n) is 2.59. The largest absolute Gasteiger partial charge is 0.486 e. The van der Waals surface area contributed by atoms with Crippen LogP contribution in [-0.2, 0) is 0 Å². The third kappa shape index (κ3) is 1.62. The molecular weight excluding hydrogens is 220 g/mol. The summed E-state index contributed by atoms with van der Waals surface area (Å²) >= 11 is 1.92. The molecule has 1 N–H and O–H groups in total. The quantitative estimate of drug-likeness (QED) is 0.751. The van der Waals surface area contributed by atoms with Gasteiger partial charge in [0.05, 0.1) is 6.10 Å². The van der Waals surface area contributed by atoms with E-state index in [2.05, 4.69) is 0 Å². The Morgan fingerprint density at radius 3 is 3.12 bits per heavy atom. The Kier molecular flexibility index (Phi) is 2.41. The number of hydrogen-bond donors (Lipinski definition) is 1. The standard InChI is InChI=1S/C13H16O2S/c1-9-2-3-12-10(6-9)11(14)7-13(15-12)4-5-16-8-13/h2-3,6,11,14H,4-5,7-8H2,1H3/t11-,13?/m1/s1. The van der Waals surface area contributed by atoms with Crippen LogP contribution >= 0.6 is 11.8 Å². The van der Waals surface area contributed by atoms with Crippen LogP contribution in [0.3, 0.4) is 0 Å². The highest BCUT2D eigenvalue weighted by atomic mass is 32.2. The maximum Gasteiger partial charge on any atom is 0.126 e. The zero-order valence-electron chi connectivity index (χ0n) is 9.40. The molecular formula is C13H16O2S. The van der Waals surface area contributed by atoms with E-state index < -0.39 is 0 Å². The number of ether oxygens (including phenoxy) is 1. The molecule has 0 aromatic heterocycles. The molecule has 2 nitrogen and oxygen atoms in total. The predicted molar refractivity (Wildman–Crippen MR) is 66.1 cm³/mol. The van der Waals surface area contributed by atoms with Crippen LogP contribution in [0.15, 0.2) is 18.2 Å². The summed E-state index contributed by atoms with van der Waals surface area (Å²) in [4.78, 5) is 0. The van der Waals surface area contributed by atoms with Crippen LogP contribution < -0.4 is 4.74 Å². The SMILES string of the molecule is Cc1ccc2c(c1)[C@H](O)CC1(CCSC1)O2. The minimum atomic E-state index is -0.359. The molecule has 1 unspecified atom stereocenters. The highest BCUT2D eigenvalue weighted by Gasteiger charge is 2.43. The van der Waals surface area contributed by atoms with Gasteiger partial charge in [0.2, 0.25) is 0 Å². The zero-order valence-corrected chi connectivity index (χ0v) is 10.2. The van der Waals surface area contributed by atoms with Crippen molar-refractivity contribution >= 4 is 11.8 Å². The molecule has 0 aliphatic carbocycles. The van der Waals surface area contributed by atoms with Crippen LogP contribution in [0, 0.1) is 6.92 Å². The van der Waals surface area contributed by atoms with Crippen LogP contribution in [-0.4, -0.2) is 22.2 Å². The molecule has 3 rings (SSSR count). The average Bonchev–Trinajstić information content (AvgIpc) is 2.68. The lowest BCUT2D eigenvalue weighted by Crippen LogP contribution is -2.41. The Labute approximate surface area is 100 Å². The summed E-state index contributed by atoms with van der Waals surface area (Å²) < 4.78 is 6.12. The molecule has 2 aliphatic rings. The normalized spacial score (nSPS) is 32.5. The number of aliphatic hydroxyl groups is 1. The first kappa shape index (κ1) is 10.5. The molecule has 2 atom stereocenters. The van der Waals surface area contributed by atoms with Gasteiger partial charge in [0.15, 0.2) is 0 Å². The molecule has 0 saturated carbocycles. The molecule has 1 saturated heterocycles. The second-order valence-electron chi connectivity index (χ2n) is 4.85. The number of aryl methyl sites for hydroxylation is 1. The van der Waals surface area contributed by atoms with E-state index >= 15 is 0 Å². The fraction of sp³-hybridized carbons (Fsp3) is 0.538. The van der Waals surface area contributed by atoms with Crippen molar-refractivity contribution in [1.82, 2.24) is 0 Å². The molecule has 1 fully saturated rings. The van der Waals surface area contributed by atoms with E-state index in [0.29, 0.717) is 0 Å². The lowest BCUT2D eigenvalue weighted by molar-refractivity contribution is 0.00403. The first-order chi connectivity index (χ1) is 7.69. The summed E-state index contributed by atoms with van der Waals surface area (Å²) in [7, 11) is 0. The van der Waals surface area contributed by atoms with Crippen molar-refractivity contribution in [2.75, 3.05) is 11.5 Å². The first-order valence-electron chi connectivity index (χ1n) is 5.74. The van der Waals surface area contributed by atoms with Crippen molar-refractivity contribution in [3.05, 3.63) is 29.3 Å². The highest BCUT2D eigenvalue weighted by Crippen LogP contribution is 2.45. The van der Waals surface area contributed by atoms with Crippen LogP contribution in [0.25, 0.3) is 0 Å². The number of benzene rings is 1. The van der Waals surface area contributed by atoms with Gasteiger partial charge < -0.3 is 9.84 Å². The minimum Gasteiger partial charge on any atom is -0.486 e. The fourth-order valence-corrected chi connectivity index (χ4v) is 3.94. The molecule has 1 aromatic carbocycles. The molecule has 86 valence electrons. The second kappa shape index (κ2) is 3.67. The molecule has 1 aromatic rings. The van der Waals surface area contributed by atoms with Crippen LogP contribution in [0.4, 0.5) is 0 Å².